The number of nitrogens with one attached hydrogen (secondary N) is 3. The summed E-state index contributed by atoms with van der Waals surface area (Å²) in [5.41, 5.74) is 1.31. The number of carbonyl (C=O) groups is 2. The van der Waals surface area contributed by atoms with E-state index in [9.17, 15) is 18.0 Å². The van der Waals surface area contributed by atoms with Gasteiger partial charge < -0.3 is 26.0 Å². The molecule has 0 bridgehead atoms. The van der Waals surface area contributed by atoms with Gasteiger partial charge >= 0.3 is 6.09 Å². The van der Waals surface area contributed by atoms with Gasteiger partial charge in [0, 0.05) is 41.9 Å². The lowest BCUT2D eigenvalue weighted by molar-refractivity contribution is -0.129. The number of carbonyl (C=O) groups excluding carboxylic acids is 1. The van der Waals surface area contributed by atoms with Crippen LogP contribution in [0, 0.1) is 5.92 Å². The summed E-state index contributed by atoms with van der Waals surface area (Å²) in [7, 11) is -3.60. The number of likely N-dealkylation sites (tertiary alicyclic amines) is 1. The summed E-state index contributed by atoms with van der Waals surface area (Å²) in [6.45, 7) is 0.720. The van der Waals surface area contributed by atoms with Gasteiger partial charge in [-0.3, -0.25) is 14.5 Å². The zero-order valence-corrected chi connectivity index (χ0v) is 20.8. The van der Waals surface area contributed by atoms with E-state index in [1.54, 1.807) is 34.0 Å². The van der Waals surface area contributed by atoms with E-state index in [1.165, 1.54) is 6.20 Å². The highest BCUT2D eigenvalue weighted by molar-refractivity contribution is 7.90. The highest BCUT2D eigenvalue weighted by Crippen LogP contribution is 2.43. The van der Waals surface area contributed by atoms with Gasteiger partial charge in [-0.05, 0) is 30.7 Å². The molecule has 1 saturated heterocycles. The van der Waals surface area contributed by atoms with Crippen molar-refractivity contribution in [1.82, 2.24) is 25.0 Å². The van der Waals surface area contributed by atoms with Crippen molar-refractivity contribution in [2.24, 2.45) is 5.92 Å². The van der Waals surface area contributed by atoms with E-state index >= 15 is 0 Å². The van der Waals surface area contributed by atoms with Crippen LogP contribution in [0.3, 0.4) is 0 Å². The lowest BCUT2D eigenvalue weighted by Gasteiger charge is -2.37. The number of aromatic nitrogens is 3. The molecule has 36 heavy (non-hydrogen) atoms. The number of anilines is 2. The monoisotopic (exact) mass is 533 g/mol. The molecule has 3 aromatic rings. The normalized spacial score (nSPS) is 21.2. The van der Waals surface area contributed by atoms with Crippen LogP contribution in [-0.4, -0.2) is 76.7 Å². The minimum atomic E-state index is -3.60. The van der Waals surface area contributed by atoms with Crippen LogP contribution in [0.2, 0.25) is 5.02 Å². The number of hydrogen-bond acceptors (Lipinski definition) is 8. The fourth-order valence-electron chi connectivity index (χ4n) is 4.93. The van der Waals surface area contributed by atoms with Crippen molar-refractivity contribution < 1.29 is 23.1 Å². The van der Waals surface area contributed by atoms with Crippen LogP contribution in [0.1, 0.15) is 6.42 Å². The second kappa shape index (κ2) is 8.82. The Morgan fingerprint density at radius 1 is 1.28 bits per heavy atom. The number of benzene rings is 1. The molecule has 1 aromatic carbocycles. The van der Waals surface area contributed by atoms with Gasteiger partial charge in [0.15, 0.2) is 14.9 Å². The van der Waals surface area contributed by atoms with Crippen molar-refractivity contribution in [1.29, 1.82) is 0 Å². The van der Waals surface area contributed by atoms with Crippen LogP contribution in [-0.2, 0) is 21.2 Å². The lowest BCUT2D eigenvalue weighted by Crippen LogP contribution is -2.53. The molecule has 5 rings (SSSR count). The largest absolute Gasteiger partial charge is 0.465 e. The maximum absolute atomic E-state index is 12.6. The fourth-order valence-corrected chi connectivity index (χ4v) is 5.92. The van der Waals surface area contributed by atoms with Crippen LogP contribution in [0.4, 0.5) is 16.2 Å². The van der Waals surface area contributed by atoms with Crippen LogP contribution in [0.25, 0.3) is 10.9 Å². The number of rotatable bonds is 6. The summed E-state index contributed by atoms with van der Waals surface area (Å²) in [6, 6.07) is 7.04. The van der Waals surface area contributed by atoms with Crippen molar-refractivity contribution in [3.63, 3.8) is 0 Å². The van der Waals surface area contributed by atoms with E-state index in [4.69, 9.17) is 16.7 Å². The van der Waals surface area contributed by atoms with Crippen LogP contribution in [0.5, 0.6) is 0 Å². The molecule has 2 aromatic heterocycles. The Labute approximate surface area is 211 Å². The molecule has 14 heteroatoms. The van der Waals surface area contributed by atoms with E-state index in [1.807, 2.05) is 6.07 Å². The Kier molecular flexibility index (Phi) is 5.91. The van der Waals surface area contributed by atoms with E-state index in [2.05, 4.69) is 26.0 Å². The molecular formula is C22H24ClN7O5S. The van der Waals surface area contributed by atoms with Crippen LogP contribution in [0.15, 0.2) is 41.7 Å². The molecule has 0 radical (unpaired) electrons. The smallest absolute Gasteiger partial charge is 0.405 e. The van der Waals surface area contributed by atoms with Crippen molar-refractivity contribution in [2.75, 3.05) is 36.5 Å². The maximum Gasteiger partial charge on any atom is 0.405 e. The second-order valence-electron chi connectivity index (χ2n) is 9.02. The predicted molar refractivity (Wildman–Crippen MR) is 133 cm³/mol. The molecule has 0 spiro atoms. The Hall–Kier alpha value is -3.58. The number of hydrogen-bond donors (Lipinski definition) is 4. The molecule has 12 nitrogen and oxygen atoms in total. The number of nitrogens with zero attached hydrogens (tertiary/aromatic N) is 4. The van der Waals surface area contributed by atoms with Gasteiger partial charge in [-0.25, -0.2) is 13.2 Å². The van der Waals surface area contributed by atoms with E-state index < -0.39 is 21.6 Å². The molecule has 4 N–H and O–H groups in total. The van der Waals surface area contributed by atoms with Gasteiger partial charge in [-0.1, -0.05) is 11.6 Å². The van der Waals surface area contributed by atoms with Crippen LogP contribution < -0.4 is 16.0 Å². The number of pyridine rings is 1. The molecule has 2 amide bonds. The van der Waals surface area contributed by atoms with Crippen molar-refractivity contribution >= 4 is 55.7 Å². The van der Waals surface area contributed by atoms with Gasteiger partial charge in [-0.2, -0.15) is 5.10 Å². The SMILES string of the molecule is CS(=O)(=O)c1nn(CC2(C3CCN(C(=O)CNC(=O)O)C3)Nc3ccc(Cl)cc3N2)c2cnccc12. The number of halogens is 1. The lowest BCUT2D eigenvalue weighted by atomic mass is 9.91. The maximum atomic E-state index is 12.6. The van der Waals surface area contributed by atoms with E-state index in [0.29, 0.717) is 35.4 Å². The predicted octanol–water partition coefficient (Wildman–Crippen LogP) is 1.84. The summed E-state index contributed by atoms with van der Waals surface area (Å²) < 4.78 is 26.5. The zero-order valence-electron chi connectivity index (χ0n) is 19.2. The average molecular weight is 534 g/mol. The highest BCUT2D eigenvalue weighted by atomic mass is 35.5. The van der Waals surface area contributed by atoms with Gasteiger partial charge in [0.2, 0.25) is 5.91 Å². The molecule has 4 heterocycles. The minimum absolute atomic E-state index is 0.0309. The third-order valence-electron chi connectivity index (χ3n) is 6.60. The third kappa shape index (κ3) is 4.39. The van der Waals surface area contributed by atoms with Crippen molar-refractivity contribution in [3.8, 4) is 0 Å². The van der Waals surface area contributed by atoms with Gasteiger partial charge in [-0.15, -0.1) is 0 Å². The molecule has 2 atom stereocenters. The number of fused-ring (bicyclic) bond motifs is 2. The summed E-state index contributed by atoms with van der Waals surface area (Å²) in [5, 5.41) is 23.5. The minimum Gasteiger partial charge on any atom is -0.465 e. The third-order valence-corrected chi connectivity index (χ3v) is 7.84. The van der Waals surface area contributed by atoms with Crippen molar-refractivity contribution in [3.05, 3.63) is 41.7 Å². The first-order valence-corrected chi connectivity index (χ1v) is 13.4. The Balaban J connectivity index is 1.51. The number of sulfone groups is 1. The summed E-state index contributed by atoms with van der Waals surface area (Å²) in [6.07, 6.45) is 3.57. The average Bonchev–Trinajstić information content (AvgIpc) is 3.53. The first-order valence-electron chi connectivity index (χ1n) is 11.2. The summed E-state index contributed by atoms with van der Waals surface area (Å²) >= 11 is 6.22. The van der Waals surface area contributed by atoms with E-state index in [-0.39, 0.29) is 29.9 Å². The van der Waals surface area contributed by atoms with Gasteiger partial charge in [0.1, 0.15) is 12.2 Å². The van der Waals surface area contributed by atoms with E-state index in [0.717, 1.165) is 17.6 Å². The van der Waals surface area contributed by atoms with Gasteiger partial charge in [0.25, 0.3) is 0 Å². The Morgan fingerprint density at radius 3 is 2.81 bits per heavy atom. The zero-order chi connectivity index (χ0) is 25.7. The van der Waals surface area contributed by atoms with Crippen molar-refractivity contribution in [2.45, 2.75) is 23.7 Å². The molecule has 2 unspecified atom stereocenters. The molecule has 190 valence electrons. The number of carboxylic acid groups (broad SMARTS) is 1. The first kappa shape index (κ1) is 24.1. The summed E-state index contributed by atoms with van der Waals surface area (Å²) in [4.78, 5) is 29.2. The Morgan fingerprint density at radius 2 is 2.06 bits per heavy atom. The van der Waals surface area contributed by atoms with Crippen LogP contribution >= 0.6 is 11.6 Å². The quantitative estimate of drug-likeness (QED) is 0.371. The molecule has 1 fully saturated rings. The standard InChI is InChI=1S/C22H24ClN7O5S/c1-36(34,35)20-15-4-6-24-9-18(15)30(28-20)12-22(26-16-3-2-14(23)8-17(16)27-22)13-5-7-29(11-13)19(31)10-25-21(32)33/h2-4,6,8-9,13,25-27H,5,7,10-12H2,1H3,(H,32,33). The number of amides is 2. The summed E-state index contributed by atoms with van der Waals surface area (Å²) in [5.74, 6) is -0.447. The first-order chi connectivity index (χ1) is 17.1. The molecule has 2 aliphatic heterocycles. The fraction of sp³-hybridized carbons (Fsp3) is 0.364. The topological polar surface area (TPSA) is 159 Å². The second-order valence-corrected chi connectivity index (χ2v) is 11.4. The molecule has 2 aliphatic rings. The highest BCUT2D eigenvalue weighted by Gasteiger charge is 2.48. The molecule has 0 aliphatic carbocycles. The molecule has 0 saturated carbocycles. The molecular weight excluding hydrogens is 510 g/mol. The Bertz CT molecular complexity index is 1480. The van der Waals surface area contributed by atoms with Gasteiger partial charge in [0.05, 0.1) is 29.6 Å².